The van der Waals surface area contributed by atoms with E-state index in [1.165, 1.54) is 24.3 Å². The summed E-state index contributed by atoms with van der Waals surface area (Å²) in [5.41, 5.74) is 11.2. The summed E-state index contributed by atoms with van der Waals surface area (Å²) in [6.45, 7) is 10.4. The monoisotopic (exact) mass is 1010 g/mol. The first-order chi connectivity index (χ1) is 31.7. The van der Waals surface area contributed by atoms with Gasteiger partial charge in [-0.25, -0.2) is 18.4 Å². The van der Waals surface area contributed by atoms with E-state index in [0.717, 1.165) is 76.5 Å². The smallest absolute Gasteiger partial charge is 0.338 e. The number of carbonyl (C=O) groups excluding carboxylic acids is 1. The Labute approximate surface area is 399 Å². The Balaban J connectivity index is 0.000000197. The van der Waals surface area contributed by atoms with Crippen LogP contribution < -0.4 is 9.47 Å². The molecule has 0 aliphatic heterocycles. The van der Waals surface area contributed by atoms with Gasteiger partial charge in [-0.05, 0) is 178 Å². The number of carboxylic acid groups (broad SMARTS) is 1. The second-order valence-corrected chi connectivity index (χ2v) is 17.3. The highest BCUT2D eigenvalue weighted by molar-refractivity contribution is 9.10. The molecule has 2 heterocycles. The van der Waals surface area contributed by atoms with Crippen LogP contribution in [0.15, 0.2) is 155 Å². The second-order valence-electron chi connectivity index (χ2n) is 15.5. The zero-order chi connectivity index (χ0) is 47.1. The molecular formula is C54H46Br2F2N2O6. The van der Waals surface area contributed by atoms with E-state index >= 15 is 0 Å². The summed E-state index contributed by atoms with van der Waals surface area (Å²) in [5, 5.41) is 9.40. The highest BCUT2D eigenvalue weighted by Crippen LogP contribution is 2.38. The van der Waals surface area contributed by atoms with Crippen LogP contribution >= 0.6 is 31.9 Å². The van der Waals surface area contributed by atoms with Crippen LogP contribution in [0.2, 0.25) is 0 Å². The molecule has 2 aromatic heterocycles. The molecule has 6 aromatic carbocycles. The first-order valence-corrected chi connectivity index (χ1v) is 22.6. The molecule has 0 saturated carbocycles. The third kappa shape index (κ3) is 11.0. The predicted molar refractivity (Wildman–Crippen MR) is 261 cm³/mol. The quantitative estimate of drug-likeness (QED) is 0.116. The van der Waals surface area contributed by atoms with Crippen LogP contribution in [-0.2, 0) is 18.0 Å². The molecule has 0 radical (unpaired) electrons. The summed E-state index contributed by atoms with van der Waals surface area (Å²) in [7, 11) is 0. The molecule has 0 saturated heterocycles. The molecule has 66 heavy (non-hydrogen) atoms. The molecule has 0 unspecified atom stereocenters. The zero-order valence-electron chi connectivity index (χ0n) is 36.9. The standard InChI is InChI=1S/C28H25BrFNO3.C26H21BrFNO3/c1-4-33-28(32)20-6-5-7-24(15-20)31-19(3)9-12-26(31)25-16-22(29)10-13-27(25)34-17-21-14-23(30)11-8-18(21)2;1-16-6-9-21(28)12-19(16)15-32-25-11-8-20(27)14-23(25)24-10-7-17(2)29(24)22-5-3-4-18(13-22)26(30)31/h5-16H,4,17H2,1-3H3;3-14H,15H2,1-2H3,(H,30,31). The van der Waals surface area contributed by atoms with Gasteiger partial charge in [-0.3, -0.25) is 0 Å². The van der Waals surface area contributed by atoms with E-state index in [1.54, 1.807) is 43.3 Å². The Morgan fingerprint density at radius 3 is 1.47 bits per heavy atom. The molecule has 0 amide bonds. The minimum atomic E-state index is -0.977. The fourth-order valence-electron chi connectivity index (χ4n) is 7.51. The number of esters is 1. The lowest BCUT2D eigenvalue weighted by Gasteiger charge is -2.17. The van der Waals surface area contributed by atoms with E-state index in [2.05, 4.69) is 36.4 Å². The second kappa shape index (κ2) is 21.0. The fraction of sp³-hybridized carbons (Fsp3) is 0.148. The molecule has 0 aliphatic carbocycles. The Bertz CT molecular complexity index is 3070. The number of nitrogens with zero attached hydrogens (tertiary/aromatic N) is 2. The van der Waals surface area contributed by atoms with Gasteiger partial charge in [-0.1, -0.05) is 56.1 Å². The van der Waals surface area contributed by atoms with Crippen molar-refractivity contribution in [3.63, 3.8) is 0 Å². The highest BCUT2D eigenvalue weighted by atomic mass is 79.9. The summed E-state index contributed by atoms with van der Waals surface area (Å²) >= 11 is 7.11. The number of carbonyl (C=O) groups is 2. The van der Waals surface area contributed by atoms with Crippen LogP contribution in [0.5, 0.6) is 11.5 Å². The summed E-state index contributed by atoms with van der Waals surface area (Å²) in [6, 6.07) is 43.1. The van der Waals surface area contributed by atoms with Gasteiger partial charge in [0, 0.05) is 42.8 Å². The number of carboxylic acids is 1. The van der Waals surface area contributed by atoms with E-state index in [-0.39, 0.29) is 36.4 Å². The lowest BCUT2D eigenvalue weighted by molar-refractivity contribution is 0.0525. The topological polar surface area (TPSA) is 91.9 Å². The van der Waals surface area contributed by atoms with Crippen molar-refractivity contribution in [2.45, 2.75) is 47.8 Å². The lowest BCUT2D eigenvalue weighted by atomic mass is 10.1. The minimum absolute atomic E-state index is 0.217. The van der Waals surface area contributed by atoms with Crippen LogP contribution in [0.25, 0.3) is 33.9 Å². The van der Waals surface area contributed by atoms with Gasteiger partial charge in [0.1, 0.15) is 36.3 Å². The first-order valence-electron chi connectivity index (χ1n) is 21.0. The van der Waals surface area contributed by atoms with Crippen molar-refractivity contribution in [2.75, 3.05) is 6.61 Å². The summed E-state index contributed by atoms with van der Waals surface area (Å²) in [5.74, 6) is -0.597. The van der Waals surface area contributed by atoms with Crippen molar-refractivity contribution in [2.24, 2.45) is 0 Å². The molecule has 0 fully saturated rings. The van der Waals surface area contributed by atoms with Crippen molar-refractivity contribution < 1.29 is 37.7 Å². The van der Waals surface area contributed by atoms with Gasteiger partial charge < -0.3 is 28.5 Å². The number of aromatic nitrogens is 2. The van der Waals surface area contributed by atoms with Gasteiger partial charge in [0.25, 0.3) is 0 Å². The number of ether oxygens (including phenoxy) is 3. The molecular weight excluding hydrogens is 970 g/mol. The average Bonchev–Trinajstić information content (AvgIpc) is 3.89. The average molecular weight is 1020 g/mol. The number of halogens is 4. The molecule has 8 nitrogen and oxygen atoms in total. The van der Waals surface area contributed by atoms with E-state index in [9.17, 15) is 23.5 Å². The largest absolute Gasteiger partial charge is 0.488 e. The lowest BCUT2D eigenvalue weighted by Crippen LogP contribution is -2.07. The van der Waals surface area contributed by atoms with Gasteiger partial charge in [-0.15, -0.1) is 0 Å². The fourth-order valence-corrected chi connectivity index (χ4v) is 8.23. The molecule has 336 valence electrons. The van der Waals surface area contributed by atoms with Crippen molar-refractivity contribution >= 4 is 43.8 Å². The van der Waals surface area contributed by atoms with Crippen molar-refractivity contribution in [3.05, 3.63) is 211 Å². The molecule has 0 spiro atoms. The van der Waals surface area contributed by atoms with Crippen molar-refractivity contribution in [3.8, 4) is 45.4 Å². The number of benzene rings is 6. The zero-order valence-corrected chi connectivity index (χ0v) is 40.0. The molecule has 12 heteroatoms. The number of rotatable bonds is 13. The molecule has 1 N–H and O–H groups in total. The van der Waals surface area contributed by atoms with E-state index in [4.69, 9.17) is 14.2 Å². The maximum absolute atomic E-state index is 13.8. The number of hydrogen-bond acceptors (Lipinski definition) is 5. The SMILES string of the molecule is CCOC(=O)c1cccc(-n2c(C)ccc2-c2cc(Br)ccc2OCc2cc(F)ccc2C)c1.Cc1ccc(F)cc1COc1ccc(Br)cc1-c1ccc(C)n1-c1cccc(C(=O)O)c1. The normalized spacial score (nSPS) is 10.9. The molecule has 0 aliphatic rings. The van der Waals surface area contributed by atoms with E-state index in [1.807, 2.05) is 117 Å². The Morgan fingerprint density at radius 2 is 1.02 bits per heavy atom. The van der Waals surface area contributed by atoms with Crippen LogP contribution in [-0.4, -0.2) is 32.8 Å². The van der Waals surface area contributed by atoms with Crippen LogP contribution in [0, 0.1) is 39.3 Å². The van der Waals surface area contributed by atoms with Gasteiger partial charge >= 0.3 is 11.9 Å². The van der Waals surface area contributed by atoms with Gasteiger partial charge in [0.05, 0.1) is 29.1 Å². The van der Waals surface area contributed by atoms with E-state index < -0.39 is 5.97 Å². The Morgan fingerprint density at radius 1 is 0.561 bits per heavy atom. The van der Waals surface area contributed by atoms with Crippen molar-refractivity contribution in [1.82, 2.24) is 9.13 Å². The van der Waals surface area contributed by atoms with Gasteiger partial charge in [-0.2, -0.15) is 0 Å². The first kappa shape index (κ1) is 47.2. The maximum Gasteiger partial charge on any atom is 0.338 e. The summed E-state index contributed by atoms with van der Waals surface area (Å²) < 4.78 is 50.8. The third-order valence-corrected chi connectivity index (χ3v) is 11.9. The molecule has 0 atom stereocenters. The predicted octanol–water partition coefficient (Wildman–Crippen LogP) is 14.4. The van der Waals surface area contributed by atoms with Crippen LogP contribution in [0.4, 0.5) is 8.78 Å². The number of hydrogen-bond donors (Lipinski definition) is 1. The maximum atomic E-state index is 13.8. The Hall–Kier alpha value is -6.76. The number of aryl methyl sites for hydroxylation is 4. The summed E-state index contributed by atoms with van der Waals surface area (Å²) in [6.07, 6.45) is 0. The summed E-state index contributed by atoms with van der Waals surface area (Å²) in [4.78, 5) is 23.8. The highest BCUT2D eigenvalue weighted by Gasteiger charge is 2.19. The molecule has 0 bridgehead atoms. The van der Waals surface area contributed by atoms with Gasteiger partial charge in [0.2, 0.25) is 0 Å². The third-order valence-electron chi connectivity index (χ3n) is 10.9. The Kier molecular flexibility index (Phi) is 15.0. The van der Waals surface area contributed by atoms with Crippen molar-refractivity contribution in [1.29, 1.82) is 0 Å². The van der Waals surface area contributed by atoms with Crippen LogP contribution in [0.3, 0.4) is 0 Å². The minimum Gasteiger partial charge on any atom is -0.488 e. The van der Waals surface area contributed by atoms with Crippen LogP contribution in [0.1, 0.15) is 61.3 Å². The number of aromatic carboxylic acids is 1. The van der Waals surface area contributed by atoms with E-state index in [0.29, 0.717) is 23.7 Å². The molecule has 8 rings (SSSR count). The molecule has 8 aromatic rings. The van der Waals surface area contributed by atoms with Gasteiger partial charge in [0.15, 0.2) is 0 Å².